The van der Waals surface area contributed by atoms with Gasteiger partial charge < -0.3 is 10.2 Å². The molecule has 1 saturated carbocycles. The quantitative estimate of drug-likeness (QED) is 0.933. The van der Waals surface area contributed by atoms with Gasteiger partial charge in [0.1, 0.15) is 12.7 Å². The first kappa shape index (κ1) is 15.2. The number of piperidine rings is 1. The van der Waals surface area contributed by atoms with Crippen molar-refractivity contribution in [2.45, 2.75) is 44.7 Å². The van der Waals surface area contributed by atoms with E-state index in [9.17, 15) is 4.79 Å². The fraction of sp³-hybridized carbons (Fsp3) is 0.625. The summed E-state index contributed by atoms with van der Waals surface area (Å²) in [7, 11) is 0. The van der Waals surface area contributed by atoms with Crippen molar-refractivity contribution in [2.75, 3.05) is 18.4 Å². The Balaban J connectivity index is 1.37. The Morgan fingerprint density at radius 1 is 1.33 bits per heavy atom. The monoisotopic (exact) mass is 329 g/mol. The summed E-state index contributed by atoms with van der Waals surface area (Å²) < 4.78 is 3.80. The number of aromatic nitrogens is 5. The highest BCUT2D eigenvalue weighted by atomic mass is 16.2. The van der Waals surface area contributed by atoms with Crippen LogP contribution in [0.1, 0.15) is 44.7 Å². The third kappa shape index (κ3) is 3.13. The van der Waals surface area contributed by atoms with Gasteiger partial charge in [-0.3, -0.25) is 4.68 Å². The zero-order valence-electron chi connectivity index (χ0n) is 13.9. The van der Waals surface area contributed by atoms with E-state index in [1.54, 1.807) is 12.5 Å². The fourth-order valence-corrected chi connectivity index (χ4v) is 3.38. The number of hydrogen-bond acceptors (Lipinski definition) is 4. The molecule has 24 heavy (non-hydrogen) atoms. The molecule has 2 aromatic rings. The summed E-state index contributed by atoms with van der Waals surface area (Å²) in [4.78, 5) is 18.4. The van der Waals surface area contributed by atoms with Gasteiger partial charge in [0.2, 0.25) is 0 Å². The molecule has 128 valence electrons. The van der Waals surface area contributed by atoms with E-state index in [4.69, 9.17) is 0 Å². The highest BCUT2D eigenvalue weighted by Gasteiger charge is 2.30. The van der Waals surface area contributed by atoms with Gasteiger partial charge in [0, 0.05) is 19.3 Å². The second-order valence-corrected chi connectivity index (χ2v) is 6.83. The maximum Gasteiger partial charge on any atom is 0.322 e. The zero-order valence-corrected chi connectivity index (χ0v) is 13.9. The lowest BCUT2D eigenvalue weighted by molar-refractivity contribution is 0.174. The van der Waals surface area contributed by atoms with Crippen LogP contribution in [0.3, 0.4) is 0 Å². The number of hydrogen-bond donors (Lipinski definition) is 1. The van der Waals surface area contributed by atoms with Crippen LogP contribution >= 0.6 is 0 Å². The number of urea groups is 1. The molecular formula is C16H23N7O. The molecule has 4 rings (SSSR count). The minimum atomic E-state index is -0.0709. The van der Waals surface area contributed by atoms with E-state index < -0.39 is 0 Å². The van der Waals surface area contributed by atoms with Gasteiger partial charge in [-0.25, -0.2) is 14.5 Å². The van der Waals surface area contributed by atoms with Gasteiger partial charge in [-0.15, -0.1) is 0 Å². The molecule has 2 aromatic heterocycles. The predicted octanol–water partition coefficient (Wildman–Crippen LogP) is 2.31. The first-order valence-corrected chi connectivity index (χ1v) is 8.65. The van der Waals surface area contributed by atoms with E-state index in [1.165, 1.54) is 19.2 Å². The molecule has 2 amide bonds. The molecule has 3 heterocycles. The summed E-state index contributed by atoms with van der Waals surface area (Å²) >= 11 is 0. The molecule has 8 nitrogen and oxygen atoms in total. The maximum absolute atomic E-state index is 12.5. The number of carbonyl (C=O) groups is 1. The summed E-state index contributed by atoms with van der Waals surface area (Å²) in [5, 5.41) is 11.6. The number of amides is 2. The Kier molecular flexibility index (Phi) is 3.95. The standard InChI is InChI=1S/C16H23N7O/c1-12(13-4-5-13)22-8-14(7-18-22)20-16(24)21-6-2-3-15(9-21)23-11-17-10-19-23/h7-8,10-13,15H,2-6,9H2,1H3,(H,20,24). The Morgan fingerprint density at radius 2 is 2.21 bits per heavy atom. The van der Waals surface area contributed by atoms with Crippen molar-refractivity contribution in [3.8, 4) is 0 Å². The number of rotatable bonds is 4. The third-order valence-corrected chi connectivity index (χ3v) is 5.07. The Labute approximate surface area is 140 Å². The normalized spacial score (nSPS) is 22.4. The summed E-state index contributed by atoms with van der Waals surface area (Å²) in [5.74, 6) is 0.735. The van der Waals surface area contributed by atoms with Gasteiger partial charge in [-0.1, -0.05) is 0 Å². The lowest BCUT2D eigenvalue weighted by Gasteiger charge is -2.32. The lowest BCUT2D eigenvalue weighted by Crippen LogP contribution is -2.43. The van der Waals surface area contributed by atoms with Gasteiger partial charge in [0.05, 0.1) is 24.0 Å². The molecule has 2 unspecified atom stereocenters. The van der Waals surface area contributed by atoms with Crippen LogP contribution in [-0.4, -0.2) is 48.6 Å². The largest absolute Gasteiger partial charge is 0.322 e. The number of carbonyl (C=O) groups excluding carboxylic acids is 1. The van der Waals surface area contributed by atoms with E-state index in [-0.39, 0.29) is 12.1 Å². The number of nitrogens with zero attached hydrogens (tertiary/aromatic N) is 6. The summed E-state index contributed by atoms with van der Waals surface area (Å²) in [6, 6.07) is 0.533. The van der Waals surface area contributed by atoms with Crippen molar-refractivity contribution >= 4 is 11.7 Å². The Bertz CT molecular complexity index is 691. The zero-order chi connectivity index (χ0) is 16.5. The Morgan fingerprint density at radius 3 is 2.96 bits per heavy atom. The van der Waals surface area contributed by atoms with Crippen LogP contribution < -0.4 is 5.32 Å². The molecule has 1 aliphatic carbocycles. The SMILES string of the molecule is CC(C1CC1)n1cc(NC(=O)N2CCCC(n3cncn3)C2)cn1. The van der Waals surface area contributed by atoms with Crippen molar-refractivity contribution in [3.05, 3.63) is 25.0 Å². The number of likely N-dealkylation sites (tertiary alicyclic amines) is 1. The van der Waals surface area contributed by atoms with Crippen LogP contribution in [-0.2, 0) is 0 Å². The topological polar surface area (TPSA) is 80.9 Å². The van der Waals surface area contributed by atoms with E-state index in [0.717, 1.165) is 31.0 Å². The number of anilines is 1. The second kappa shape index (κ2) is 6.26. The summed E-state index contributed by atoms with van der Waals surface area (Å²) in [6.45, 7) is 3.61. The molecule has 2 aliphatic rings. The van der Waals surface area contributed by atoms with Gasteiger partial charge in [-0.2, -0.15) is 10.2 Å². The minimum absolute atomic E-state index is 0.0709. The van der Waals surface area contributed by atoms with Gasteiger partial charge >= 0.3 is 6.03 Å². The first-order chi connectivity index (χ1) is 11.7. The van der Waals surface area contributed by atoms with Crippen LogP contribution in [0.15, 0.2) is 25.0 Å². The molecular weight excluding hydrogens is 306 g/mol. The molecule has 1 aliphatic heterocycles. The van der Waals surface area contributed by atoms with Crippen LogP contribution in [0, 0.1) is 5.92 Å². The second-order valence-electron chi connectivity index (χ2n) is 6.83. The maximum atomic E-state index is 12.5. The summed E-state index contributed by atoms with van der Waals surface area (Å²) in [5.41, 5.74) is 0.760. The molecule has 0 bridgehead atoms. The number of nitrogens with one attached hydrogen (secondary N) is 1. The highest BCUT2D eigenvalue weighted by Crippen LogP contribution is 2.39. The smallest absolute Gasteiger partial charge is 0.322 e. The molecule has 1 N–H and O–H groups in total. The van der Waals surface area contributed by atoms with E-state index in [1.807, 2.05) is 20.5 Å². The fourth-order valence-electron chi connectivity index (χ4n) is 3.38. The summed E-state index contributed by atoms with van der Waals surface area (Å²) in [6.07, 6.45) is 11.5. The average molecular weight is 329 g/mol. The van der Waals surface area contributed by atoms with Crippen LogP contribution in [0.2, 0.25) is 0 Å². The van der Waals surface area contributed by atoms with Crippen LogP contribution in [0.4, 0.5) is 10.5 Å². The van der Waals surface area contributed by atoms with Crippen molar-refractivity contribution in [1.29, 1.82) is 0 Å². The Hall–Kier alpha value is -2.38. The third-order valence-electron chi connectivity index (χ3n) is 5.07. The first-order valence-electron chi connectivity index (χ1n) is 8.65. The molecule has 8 heteroatoms. The molecule has 1 saturated heterocycles. The van der Waals surface area contributed by atoms with Crippen molar-refractivity contribution in [3.63, 3.8) is 0 Å². The molecule has 2 atom stereocenters. The predicted molar refractivity (Wildman–Crippen MR) is 88.5 cm³/mol. The minimum Gasteiger partial charge on any atom is -0.322 e. The molecule has 2 fully saturated rings. The van der Waals surface area contributed by atoms with Crippen molar-refractivity contribution in [1.82, 2.24) is 29.4 Å². The van der Waals surface area contributed by atoms with E-state index in [0.29, 0.717) is 12.6 Å². The van der Waals surface area contributed by atoms with Crippen molar-refractivity contribution in [2.24, 2.45) is 5.92 Å². The molecule has 0 radical (unpaired) electrons. The van der Waals surface area contributed by atoms with Crippen LogP contribution in [0.25, 0.3) is 0 Å². The molecule has 0 spiro atoms. The van der Waals surface area contributed by atoms with E-state index >= 15 is 0 Å². The van der Waals surface area contributed by atoms with Gasteiger partial charge in [-0.05, 0) is 38.5 Å². The highest BCUT2D eigenvalue weighted by molar-refractivity contribution is 5.89. The van der Waals surface area contributed by atoms with Gasteiger partial charge in [0.15, 0.2) is 0 Å². The molecule has 0 aromatic carbocycles. The lowest BCUT2D eigenvalue weighted by atomic mass is 10.1. The van der Waals surface area contributed by atoms with E-state index in [2.05, 4.69) is 27.4 Å². The van der Waals surface area contributed by atoms with Crippen LogP contribution in [0.5, 0.6) is 0 Å². The van der Waals surface area contributed by atoms with Gasteiger partial charge in [0.25, 0.3) is 0 Å². The average Bonchev–Trinajstić information content (AvgIpc) is 3.10. The van der Waals surface area contributed by atoms with Crippen molar-refractivity contribution < 1.29 is 4.79 Å².